The van der Waals surface area contributed by atoms with Crippen molar-refractivity contribution in [2.45, 2.75) is 6.92 Å². The number of carbonyl (C=O) groups is 2. The van der Waals surface area contributed by atoms with Crippen molar-refractivity contribution in [1.82, 2.24) is 4.90 Å². The molecule has 1 aromatic carbocycles. The van der Waals surface area contributed by atoms with Gasteiger partial charge in [0.05, 0.1) is 6.26 Å². The highest BCUT2D eigenvalue weighted by molar-refractivity contribution is 5.98. The minimum Gasteiger partial charge on any atom is -0.486 e. The van der Waals surface area contributed by atoms with Gasteiger partial charge in [-0.2, -0.15) is 0 Å². The first kappa shape index (κ1) is 15.9. The van der Waals surface area contributed by atoms with Crippen LogP contribution in [0, 0.1) is 0 Å². The van der Waals surface area contributed by atoms with Gasteiger partial charge >= 0.3 is 0 Å². The number of rotatable bonds is 5. The molecule has 2 heterocycles. The number of anilines is 1. The Hall–Kier alpha value is -2.96. The molecule has 7 nitrogen and oxygen atoms in total. The summed E-state index contributed by atoms with van der Waals surface area (Å²) in [6.45, 7) is 3.13. The number of carbonyl (C=O) groups excluding carboxylic acids is 2. The largest absolute Gasteiger partial charge is 0.486 e. The first-order chi connectivity index (χ1) is 11.7. The summed E-state index contributed by atoms with van der Waals surface area (Å²) in [6, 6.07) is 8.39. The Morgan fingerprint density at radius 2 is 1.96 bits per heavy atom. The van der Waals surface area contributed by atoms with E-state index in [4.69, 9.17) is 13.9 Å². The van der Waals surface area contributed by atoms with Crippen LogP contribution in [0.1, 0.15) is 17.5 Å². The van der Waals surface area contributed by atoms with E-state index < -0.39 is 0 Å². The third kappa shape index (κ3) is 3.51. The lowest BCUT2D eigenvalue weighted by molar-refractivity contribution is -0.116. The van der Waals surface area contributed by atoms with Crippen molar-refractivity contribution in [1.29, 1.82) is 0 Å². The second-order valence-electron chi connectivity index (χ2n) is 5.20. The number of hydrogen-bond donors (Lipinski definition) is 1. The zero-order chi connectivity index (χ0) is 16.9. The van der Waals surface area contributed by atoms with Crippen molar-refractivity contribution in [3.8, 4) is 11.5 Å². The molecular formula is C17H18N2O5. The second kappa shape index (κ2) is 7.08. The minimum atomic E-state index is -0.320. The first-order valence-corrected chi connectivity index (χ1v) is 7.69. The van der Waals surface area contributed by atoms with E-state index in [2.05, 4.69) is 5.32 Å². The Bertz CT molecular complexity index is 727. The van der Waals surface area contributed by atoms with Crippen LogP contribution in [0.4, 0.5) is 5.69 Å². The van der Waals surface area contributed by atoms with Gasteiger partial charge in [-0.1, -0.05) is 0 Å². The van der Waals surface area contributed by atoms with E-state index in [1.165, 1.54) is 11.2 Å². The molecule has 0 saturated heterocycles. The van der Waals surface area contributed by atoms with E-state index in [1.54, 1.807) is 37.3 Å². The summed E-state index contributed by atoms with van der Waals surface area (Å²) in [4.78, 5) is 25.9. The van der Waals surface area contributed by atoms with Crippen molar-refractivity contribution in [2.24, 2.45) is 0 Å². The van der Waals surface area contributed by atoms with Gasteiger partial charge in [0.15, 0.2) is 17.3 Å². The zero-order valence-electron chi connectivity index (χ0n) is 13.3. The van der Waals surface area contributed by atoms with Crippen LogP contribution in [-0.2, 0) is 4.79 Å². The molecule has 1 aliphatic rings. The van der Waals surface area contributed by atoms with Gasteiger partial charge in [0, 0.05) is 18.3 Å². The Morgan fingerprint density at radius 3 is 2.67 bits per heavy atom. The van der Waals surface area contributed by atoms with E-state index in [1.807, 2.05) is 0 Å². The van der Waals surface area contributed by atoms with Gasteiger partial charge in [-0.25, -0.2) is 0 Å². The molecule has 0 bridgehead atoms. The number of benzene rings is 1. The Kier molecular flexibility index (Phi) is 4.69. The van der Waals surface area contributed by atoms with E-state index in [9.17, 15) is 9.59 Å². The van der Waals surface area contributed by atoms with Gasteiger partial charge in [-0.05, 0) is 31.2 Å². The fourth-order valence-corrected chi connectivity index (χ4v) is 2.38. The molecule has 1 N–H and O–H groups in total. The lowest BCUT2D eigenvalue weighted by Crippen LogP contribution is -2.37. The van der Waals surface area contributed by atoms with Crippen molar-refractivity contribution in [3.63, 3.8) is 0 Å². The summed E-state index contributed by atoms with van der Waals surface area (Å²) in [6.07, 6.45) is 1.43. The molecule has 0 saturated carbocycles. The quantitative estimate of drug-likeness (QED) is 0.908. The first-order valence-electron chi connectivity index (χ1n) is 7.69. The van der Waals surface area contributed by atoms with Gasteiger partial charge in [0.1, 0.15) is 19.8 Å². The number of ether oxygens (including phenoxy) is 2. The molecule has 0 aliphatic carbocycles. The fourth-order valence-electron chi connectivity index (χ4n) is 2.38. The maximum absolute atomic E-state index is 12.2. The average Bonchev–Trinajstić information content (AvgIpc) is 3.13. The molecule has 1 aliphatic heterocycles. The van der Waals surface area contributed by atoms with Crippen LogP contribution in [-0.4, -0.2) is 43.0 Å². The standard InChI is InChI=1S/C17H18N2O5/c1-2-19(17(21)14-4-3-7-22-14)11-16(20)18-12-5-6-13-15(10-12)24-9-8-23-13/h3-7,10H,2,8-9,11H2,1H3,(H,18,20). The number of likely N-dealkylation sites (N-methyl/N-ethyl adjacent to an activating group) is 1. The summed E-state index contributed by atoms with van der Waals surface area (Å²) >= 11 is 0. The molecular weight excluding hydrogens is 312 g/mol. The second-order valence-corrected chi connectivity index (χ2v) is 5.20. The van der Waals surface area contributed by atoms with Crippen molar-refractivity contribution >= 4 is 17.5 Å². The molecule has 24 heavy (non-hydrogen) atoms. The Labute approximate surface area is 139 Å². The van der Waals surface area contributed by atoms with Crippen LogP contribution in [0.15, 0.2) is 41.0 Å². The summed E-state index contributed by atoms with van der Waals surface area (Å²) in [7, 11) is 0. The zero-order valence-corrected chi connectivity index (χ0v) is 13.3. The van der Waals surface area contributed by atoms with Crippen LogP contribution in [0.25, 0.3) is 0 Å². The number of nitrogens with zero attached hydrogens (tertiary/aromatic N) is 1. The molecule has 0 spiro atoms. The maximum Gasteiger partial charge on any atom is 0.290 e. The Balaban J connectivity index is 1.63. The maximum atomic E-state index is 12.2. The number of nitrogens with one attached hydrogen (secondary N) is 1. The lowest BCUT2D eigenvalue weighted by atomic mass is 10.2. The minimum absolute atomic E-state index is 0.0650. The summed E-state index contributed by atoms with van der Waals surface area (Å²) in [5, 5.41) is 2.76. The fraction of sp³-hybridized carbons (Fsp3) is 0.294. The van der Waals surface area contributed by atoms with Crippen LogP contribution in [0.2, 0.25) is 0 Å². The normalized spacial score (nSPS) is 12.5. The number of hydrogen-bond acceptors (Lipinski definition) is 5. The van der Waals surface area contributed by atoms with E-state index in [0.717, 1.165) is 0 Å². The summed E-state index contributed by atoms with van der Waals surface area (Å²) in [5.74, 6) is 0.845. The number of fused-ring (bicyclic) bond motifs is 1. The van der Waals surface area contributed by atoms with Gasteiger partial charge in [-0.3, -0.25) is 9.59 Å². The topological polar surface area (TPSA) is 81.0 Å². The van der Waals surface area contributed by atoms with Crippen molar-refractivity contribution in [2.75, 3.05) is 31.6 Å². The molecule has 1 aromatic heterocycles. The molecule has 0 fully saturated rings. The highest BCUT2D eigenvalue weighted by Gasteiger charge is 2.20. The van der Waals surface area contributed by atoms with Crippen LogP contribution < -0.4 is 14.8 Å². The van der Waals surface area contributed by atoms with E-state index in [-0.39, 0.29) is 24.1 Å². The van der Waals surface area contributed by atoms with E-state index in [0.29, 0.717) is 36.9 Å². The van der Waals surface area contributed by atoms with Gasteiger partial charge < -0.3 is 24.1 Å². The van der Waals surface area contributed by atoms with Crippen molar-refractivity contribution in [3.05, 3.63) is 42.4 Å². The SMILES string of the molecule is CCN(CC(=O)Nc1ccc2c(c1)OCCO2)C(=O)c1ccco1. The predicted molar refractivity (Wildman–Crippen MR) is 86.3 cm³/mol. The highest BCUT2D eigenvalue weighted by Crippen LogP contribution is 2.32. The van der Waals surface area contributed by atoms with Gasteiger partial charge in [-0.15, -0.1) is 0 Å². The smallest absolute Gasteiger partial charge is 0.290 e. The molecule has 2 aromatic rings. The molecule has 0 atom stereocenters. The monoisotopic (exact) mass is 330 g/mol. The average molecular weight is 330 g/mol. The number of amides is 2. The third-order valence-corrected chi connectivity index (χ3v) is 3.56. The predicted octanol–water partition coefficient (Wildman–Crippen LogP) is 2.15. The molecule has 7 heteroatoms. The summed E-state index contributed by atoms with van der Waals surface area (Å²) < 4.78 is 16.0. The van der Waals surface area contributed by atoms with Crippen LogP contribution in [0.5, 0.6) is 11.5 Å². The molecule has 0 radical (unpaired) electrons. The van der Waals surface area contributed by atoms with E-state index >= 15 is 0 Å². The van der Waals surface area contributed by atoms with Crippen molar-refractivity contribution < 1.29 is 23.5 Å². The molecule has 0 unspecified atom stereocenters. The highest BCUT2D eigenvalue weighted by atomic mass is 16.6. The van der Waals surface area contributed by atoms with Crippen LogP contribution in [0.3, 0.4) is 0 Å². The van der Waals surface area contributed by atoms with Crippen LogP contribution >= 0.6 is 0 Å². The molecule has 2 amide bonds. The van der Waals surface area contributed by atoms with Gasteiger partial charge in [0.25, 0.3) is 5.91 Å². The van der Waals surface area contributed by atoms with Gasteiger partial charge in [0.2, 0.25) is 5.91 Å². The molecule has 3 rings (SSSR count). The number of furan rings is 1. The molecule has 126 valence electrons. The third-order valence-electron chi connectivity index (χ3n) is 3.56. The summed E-state index contributed by atoms with van der Waals surface area (Å²) in [5.41, 5.74) is 0.589. The lowest BCUT2D eigenvalue weighted by Gasteiger charge is -2.20. The Morgan fingerprint density at radius 1 is 1.17 bits per heavy atom.